The minimum absolute atomic E-state index is 0.0110. The summed E-state index contributed by atoms with van der Waals surface area (Å²) in [7, 11) is 0. The Kier molecular flexibility index (Phi) is 3.24. The minimum atomic E-state index is -0.740. The third kappa shape index (κ3) is 2.14. The Morgan fingerprint density at radius 2 is 2.33 bits per heavy atom. The fraction of sp³-hybridized carbons (Fsp3) is 0.455. The molecule has 15 heavy (non-hydrogen) atoms. The SMILES string of the molecule is OC(c1cccc(F)c1Cl)C1CCOC1. The van der Waals surface area contributed by atoms with Gasteiger partial charge in [-0.3, -0.25) is 0 Å². The van der Waals surface area contributed by atoms with E-state index in [1.54, 1.807) is 12.1 Å². The summed E-state index contributed by atoms with van der Waals surface area (Å²) in [6, 6.07) is 4.48. The average molecular weight is 231 g/mol. The van der Waals surface area contributed by atoms with Crippen LogP contribution in [0.1, 0.15) is 18.1 Å². The molecule has 1 fully saturated rings. The van der Waals surface area contributed by atoms with Gasteiger partial charge in [0.25, 0.3) is 0 Å². The molecule has 1 aliphatic rings. The van der Waals surface area contributed by atoms with Gasteiger partial charge < -0.3 is 9.84 Å². The smallest absolute Gasteiger partial charge is 0.142 e. The summed E-state index contributed by atoms with van der Waals surface area (Å²) in [6.45, 7) is 1.16. The van der Waals surface area contributed by atoms with E-state index in [0.29, 0.717) is 18.8 Å². The van der Waals surface area contributed by atoms with Crippen molar-refractivity contribution in [2.75, 3.05) is 13.2 Å². The fourth-order valence-corrected chi connectivity index (χ4v) is 2.04. The summed E-state index contributed by atoms with van der Waals surface area (Å²) in [5.74, 6) is -0.476. The predicted molar refractivity (Wildman–Crippen MR) is 55.3 cm³/mol. The van der Waals surface area contributed by atoms with Crippen molar-refractivity contribution in [2.24, 2.45) is 5.92 Å². The first-order chi connectivity index (χ1) is 7.20. The van der Waals surface area contributed by atoms with E-state index in [0.717, 1.165) is 6.42 Å². The van der Waals surface area contributed by atoms with Crippen molar-refractivity contribution in [3.05, 3.63) is 34.6 Å². The minimum Gasteiger partial charge on any atom is -0.388 e. The van der Waals surface area contributed by atoms with Crippen LogP contribution in [0.3, 0.4) is 0 Å². The first kappa shape index (κ1) is 10.9. The molecule has 82 valence electrons. The second kappa shape index (κ2) is 4.47. The average Bonchev–Trinajstić information content (AvgIpc) is 2.74. The summed E-state index contributed by atoms with van der Waals surface area (Å²) < 4.78 is 18.3. The van der Waals surface area contributed by atoms with Crippen molar-refractivity contribution in [3.8, 4) is 0 Å². The van der Waals surface area contributed by atoms with Gasteiger partial charge in [-0.05, 0) is 12.5 Å². The molecule has 2 rings (SSSR count). The maximum Gasteiger partial charge on any atom is 0.142 e. The molecule has 0 spiro atoms. The molecule has 0 saturated carbocycles. The Hall–Kier alpha value is -0.640. The number of halogens is 2. The normalized spacial score (nSPS) is 23.0. The lowest BCUT2D eigenvalue weighted by molar-refractivity contribution is 0.0916. The highest BCUT2D eigenvalue weighted by Gasteiger charge is 2.27. The largest absolute Gasteiger partial charge is 0.388 e. The number of aliphatic hydroxyl groups is 1. The first-order valence-electron chi connectivity index (χ1n) is 4.90. The van der Waals surface area contributed by atoms with Crippen LogP contribution in [-0.2, 0) is 4.74 Å². The zero-order chi connectivity index (χ0) is 10.8. The van der Waals surface area contributed by atoms with Crippen LogP contribution in [0.4, 0.5) is 4.39 Å². The van der Waals surface area contributed by atoms with E-state index in [1.807, 2.05) is 0 Å². The molecule has 0 amide bonds. The molecule has 0 aromatic heterocycles. The highest BCUT2D eigenvalue weighted by Crippen LogP contribution is 2.33. The van der Waals surface area contributed by atoms with Crippen LogP contribution in [0.5, 0.6) is 0 Å². The van der Waals surface area contributed by atoms with Crippen LogP contribution >= 0.6 is 11.6 Å². The number of aliphatic hydroxyl groups excluding tert-OH is 1. The van der Waals surface area contributed by atoms with Gasteiger partial charge in [-0.25, -0.2) is 4.39 Å². The number of hydrogen-bond acceptors (Lipinski definition) is 2. The standard InChI is InChI=1S/C11H12ClFO2/c12-10-8(2-1-3-9(10)13)11(14)7-4-5-15-6-7/h1-3,7,11,14H,4-6H2. The molecule has 1 aromatic rings. The third-order valence-corrected chi connectivity index (χ3v) is 3.11. The Morgan fingerprint density at radius 1 is 1.53 bits per heavy atom. The van der Waals surface area contributed by atoms with Crippen LogP contribution in [0.25, 0.3) is 0 Å². The number of ether oxygens (including phenoxy) is 1. The highest BCUT2D eigenvalue weighted by molar-refractivity contribution is 6.31. The van der Waals surface area contributed by atoms with Crippen LogP contribution < -0.4 is 0 Å². The number of benzene rings is 1. The molecule has 0 radical (unpaired) electrons. The maximum atomic E-state index is 13.2. The second-order valence-corrected chi connectivity index (χ2v) is 4.09. The van der Waals surface area contributed by atoms with Gasteiger partial charge in [-0.15, -0.1) is 0 Å². The van der Waals surface area contributed by atoms with E-state index in [9.17, 15) is 9.50 Å². The number of hydrogen-bond donors (Lipinski definition) is 1. The van der Waals surface area contributed by atoms with Gasteiger partial charge in [-0.1, -0.05) is 23.7 Å². The third-order valence-electron chi connectivity index (χ3n) is 2.71. The van der Waals surface area contributed by atoms with E-state index < -0.39 is 11.9 Å². The zero-order valence-corrected chi connectivity index (χ0v) is 8.88. The van der Waals surface area contributed by atoms with Gasteiger partial charge >= 0.3 is 0 Å². The van der Waals surface area contributed by atoms with Crippen LogP contribution in [0.2, 0.25) is 5.02 Å². The van der Waals surface area contributed by atoms with Gasteiger partial charge in [0.1, 0.15) is 5.82 Å². The lowest BCUT2D eigenvalue weighted by Crippen LogP contribution is -2.13. The van der Waals surface area contributed by atoms with Gasteiger partial charge in [0, 0.05) is 18.1 Å². The molecule has 1 N–H and O–H groups in total. The molecular formula is C11H12ClFO2. The first-order valence-corrected chi connectivity index (χ1v) is 5.27. The van der Waals surface area contributed by atoms with E-state index in [2.05, 4.69) is 0 Å². The highest BCUT2D eigenvalue weighted by atomic mass is 35.5. The Labute approximate surface area is 92.6 Å². The molecule has 1 aromatic carbocycles. The fourth-order valence-electron chi connectivity index (χ4n) is 1.80. The van der Waals surface area contributed by atoms with Crippen molar-refractivity contribution < 1.29 is 14.2 Å². The van der Waals surface area contributed by atoms with Gasteiger partial charge in [0.05, 0.1) is 17.7 Å². The van der Waals surface area contributed by atoms with E-state index in [-0.39, 0.29) is 10.9 Å². The maximum absolute atomic E-state index is 13.2. The summed E-state index contributed by atoms with van der Waals surface area (Å²) in [5, 5.41) is 10.0. The van der Waals surface area contributed by atoms with Gasteiger partial charge in [-0.2, -0.15) is 0 Å². The van der Waals surface area contributed by atoms with Crippen molar-refractivity contribution in [2.45, 2.75) is 12.5 Å². The summed E-state index contributed by atoms with van der Waals surface area (Å²) >= 11 is 5.79. The molecule has 1 heterocycles. The Bertz CT molecular complexity index is 350. The quantitative estimate of drug-likeness (QED) is 0.846. The monoisotopic (exact) mass is 230 g/mol. The molecule has 1 saturated heterocycles. The number of rotatable bonds is 2. The van der Waals surface area contributed by atoms with Gasteiger partial charge in [0.2, 0.25) is 0 Å². The summed E-state index contributed by atoms with van der Waals surface area (Å²) in [4.78, 5) is 0. The summed E-state index contributed by atoms with van der Waals surface area (Å²) in [5.41, 5.74) is 0.451. The lowest BCUT2D eigenvalue weighted by Gasteiger charge is -2.18. The van der Waals surface area contributed by atoms with Crippen molar-refractivity contribution >= 4 is 11.6 Å². The van der Waals surface area contributed by atoms with Crippen molar-refractivity contribution in [3.63, 3.8) is 0 Å². The Morgan fingerprint density at radius 3 is 3.00 bits per heavy atom. The molecule has 4 heteroatoms. The van der Waals surface area contributed by atoms with Gasteiger partial charge in [0.15, 0.2) is 0 Å². The topological polar surface area (TPSA) is 29.5 Å². The van der Waals surface area contributed by atoms with Crippen LogP contribution in [0, 0.1) is 11.7 Å². The predicted octanol–water partition coefficient (Wildman–Crippen LogP) is 2.55. The van der Waals surface area contributed by atoms with E-state index in [4.69, 9.17) is 16.3 Å². The molecular weight excluding hydrogens is 219 g/mol. The summed E-state index contributed by atoms with van der Waals surface area (Å²) in [6.07, 6.45) is 0.0456. The lowest BCUT2D eigenvalue weighted by atomic mass is 9.95. The van der Waals surface area contributed by atoms with E-state index >= 15 is 0 Å². The molecule has 0 aliphatic carbocycles. The van der Waals surface area contributed by atoms with E-state index in [1.165, 1.54) is 6.07 Å². The molecule has 0 bridgehead atoms. The molecule has 2 atom stereocenters. The molecule has 2 unspecified atom stereocenters. The van der Waals surface area contributed by atoms with Crippen LogP contribution in [0.15, 0.2) is 18.2 Å². The zero-order valence-electron chi connectivity index (χ0n) is 8.12. The van der Waals surface area contributed by atoms with Crippen molar-refractivity contribution in [1.82, 2.24) is 0 Å². The van der Waals surface area contributed by atoms with Crippen LogP contribution in [-0.4, -0.2) is 18.3 Å². The molecule has 1 aliphatic heterocycles. The van der Waals surface area contributed by atoms with Crippen molar-refractivity contribution in [1.29, 1.82) is 0 Å². The second-order valence-electron chi connectivity index (χ2n) is 3.71. The molecule has 2 nitrogen and oxygen atoms in total. The Balaban J connectivity index is 2.24.